The smallest absolute Gasteiger partial charge is 0.410 e. The minimum absolute atomic E-state index is 0.0532. The van der Waals surface area contributed by atoms with Gasteiger partial charge in [-0.05, 0) is 18.2 Å². The first-order chi connectivity index (χ1) is 7.56. The Balaban J connectivity index is 2.57. The van der Waals surface area contributed by atoms with Crippen LogP contribution in [0.25, 0.3) is 10.9 Å². The molecule has 16 heavy (non-hydrogen) atoms. The second-order valence-corrected chi connectivity index (χ2v) is 3.90. The number of rotatable bonds is 1. The van der Waals surface area contributed by atoms with Crippen molar-refractivity contribution in [1.29, 1.82) is 0 Å². The van der Waals surface area contributed by atoms with Crippen molar-refractivity contribution >= 4 is 38.7 Å². The van der Waals surface area contributed by atoms with Crippen LogP contribution < -0.4 is 5.32 Å². The van der Waals surface area contributed by atoms with Crippen molar-refractivity contribution in [3.05, 3.63) is 28.5 Å². The average molecular weight is 286 g/mol. The predicted molar refractivity (Wildman–Crippen MR) is 58.8 cm³/mol. The number of anilines is 1. The maximum Gasteiger partial charge on any atom is 0.410 e. The van der Waals surface area contributed by atoms with Crippen LogP contribution in [0.4, 0.5) is 15.0 Å². The van der Waals surface area contributed by atoms with Crippen molar-refractivity contribution in [3.63, 3.8) is 0 Å². The molecule has 2 N–H and O–H groups in total. The lowest BCUT2D eigenvalue weighted by Gasteiger charge is -2.02. The number of hydrogen-bond acceptors (Lipinski definition) is 3. The van der Waals surface area contributed by atoms with Gasteiger partial charge in [0.05, 0.1) is 0 Å². The van der Waals surface area contributed by atoms with Gasteiger partial charge >= 0.3 is 6.09 Å². The van der Waals surface area contributed by atoms with Gasteiger partial charge in [0.25, 0.3) is 0 Å². The molecule has 0 unspecified atom stereocenters. The van der Waals surface area contributed by atoms with E-state index in [1.165, 1.54) is 12.1 Å². The molecule has 1 amide bonds. The highest BCUT2D eigenvalue weighted by molar-refractivity contribution is 9.10. The fraction of sp³-hybridized carbons (Fsp3) is 0. The molecule has 0 atom stereocenters. The number of halogens is 2. The predicted octanol–water partition coefficient (Wildman–Crippen LogP) is 2.62. The largest absolute Gasteiger partial charge is 0.465 e. The van der Waals surface area contributed by atoms with Crippen molar-refractivity contribution in [1.82, 2.24) is 10.2 Å². The third-order valence-electron chi connectivity index (χ3n) is 1.84. The van der Waals surface area contributed by atoms with Crippen LogP contribution in [0.15, 0.2) is 22.7 Å². The van der Waals surface area contributed by atoms with Gasteiger partial charge in [-0.25, -0.2) is 9.18 Å². The van der Waals surface area contributed by atoms with Gasteiger partial charge in [-0.2, -0.15) is 0 Å². The van der Waals surface area contributed by atoms with Crippen LogP contribution in [0.3, 0.4) is 0 Å². The number of nitrogens with zero attached hydrogens (tertiary/aromatic N) is 2. The number of nitrogens with one attached hydrogen (secondary N) is 1. The van der Waals surface area contributed by atoms with Gasteiger partial charge in [0, 0.05) is 9.86 Å². The van der Waals surface area contributed by atoms with Crippen LogP contribution in [-0.2, 0) is 0 Å². The summed E-state index contributed by atoms with van der Waals surface area (Å²) in [7, 11) is 0. The Kier molecular flexibility index (Phi) is 2.69. The second kappa shape index (κ2) is 4.01. The van der Waals surface area contributed by atoms with Crippen molar-refractivity contribution in [2.45, 2.75) is 0 Å². The van der Waals surface area contributed by atoms with E-state index in [0.29, 0.717) is 9.86 Å². The van der Waals surface area contributed by atoms with Crippen molar-refractivity contribution < 1.29 is 14.3 Å². The van der Waals surface area contributed by atoms with E-state index in [0.717, 1.165) is 0 Å². The lowest BCUT2D eigenvalue weighted by Crippen LogP contribution is -2.09. The van der Waals surface area contributed by atoms with E-state index in [9.17, 15) is 9.18 Å². The van der Waals surface area contributed by atoms with Crippen LogP contribution in [0.1, 0.15) is 0 Å². The molecule has 1 heterocycles. The van der Waals surface area contributed by atoms with Crippen LogP contribution in [0.2, 0.25) is 0 Å². The zero-order valence-electron chi connectivity index (χ0n) is 7.74. The van der Waals surface area contributed by atoms with Gasteiger partial charge in [-0.15, -0.1) is 10.2 Å². The Hall–Kier alpha value is -1.76. The Labute approximate surface area is 97.4 Å². The number of benzene rings is 1. The number of fused-ring (bicyclic) bond motifs is 1. The lowest BCUT2D eigenvalue weighted by atomic mass is 10.2. The summed E-state index contributed by atoms with van der Waals surface area (Å²) in [4.78, 5) is 10.4. The van der Waals surface area contributed by atoms with E-state index in [1.807, 2.05) is 5.32 Å². The molecule has 0 radical (unpaired) electrons. The number of amides is 1. The van der Waals surface area contributed by atoms with Gasteiger partial charge in [-0.1, -0.05) is 15.9 Å². The Morgan fingerprint density at radius 3 is 2.81 bits per heavy atom. The van der Waals surface area contributed by atoms with Crippen molar-refractivity contribution in [2.24, 2.45) is 0 Å². The summed E-state index contributed by atoms with van der Waals surface area (Å²) in [6.45, 7) is 0. The lowest BCUT2D eigenvalue weighted by molar-refractivity contribution is 0.209. The molecule has 2 rings (SSSR count). The molecule has 0 bridgehead atoms. The highest BCUT2D eigenvalue weighted by Crippen LogP contribution is 2.22. The molecule has 0 aliphatic rings. The molecule has 0 aliphatic heterocycles. The minimum Gasteiger partial charge on any atom is -0.465 e. The zero-order valence-corrected chi connectivity index (χ0v) is 9.32. The summed E-state index contributed by atoms with van der Waals surface area (Å²) < 4.78 is 13.9. The second-order valence-electron chi connectivity index (χ2n) is 2.99. The summed E-state index contributed by atoms with van der Waals surface area (Å²) in [6, 6.07) is 4.30. The number of aromatic nitrogens is 2. The van der Waals surface area contributed by atoms with Crippen molar-refractivity contribution in [2.75, 3.05) is 5.32 Å². The van der Waals surface area contributed by atoms with Gasteiger partial charge < -0.3 is 5.11 Å². The number of carboxylic acid groups (broad SMARTS) is 1. The van der Waals surface area contributed by atoms with Gasteiger partial charge in [-0.3, -0.25) is 5.32 Å². The van der Waals surface area contributed by atoms with E-state index >= 15 is 0 Å². The molecule has 82 valence electrons. The molecule has 5 nitrogen and oxygen atoms in total. The molecular formula is C9H5BrFN3O2. The Bertz CT molecular complexity index is 576. The topological polar surface area (TPSA) is 75.1 Å². The normalized spacial score (nSPS) is 10.4. The average Bonchev–Trinajstić information content (AvgIpc) is 2.15. The summed E-state index contributed by atoms with van der Waals surface area (Å²) in [5.41, 5.74) is 0.0964. The van der Waals surface area contributed by atoms with Gasteiger partial charge in [0.15, 0.2) is 11.6 Å². The molecule has 1 aromatic carbocycles. The van der Waals surface area contributed by atoms with Crippen LogP contribution in [-0.4, -0.2) is 21.4 Å². The van der Waals surface area contributed by atoms with Crippen LogP contribution in [0, 0.1) is 5.82 Å². The summed E-state index contributed by atoms with van der Waals surface area (Å²) in [6.07, 6.45) is -1.25. The van der Waals surface area contributed by atoms with E-state index in [1.54, 1.807) is 6.07 Å². The molecule has 0 saturated carbocycles. The fourth-order valence-electron chi connectivity index (χ4n) is 1.25. The summed E-state index contributed by atoms with van der Waals surface area (Å²) >= 11 is 3.13. The van der Waals surface area contributed by atoms with Crippen molar-refractivity contribution in [3.8, 4) is 0 Å². The van der Waals surface area contributed by atoms with Crippen LogP contribution in [0.5, 0.6) is 0 Å². The van der Waals surface area contributed by atoms with Gasteiger partial charge in [0.2, 0.25) is 0 Å². The Morgan fingerprint density at radius 1 is 1.38 bits per heavy atom. The van der Waals surface area contributed by atoms with E-state index in [4.69, 9.17) is 5.11 Å². The quantitative estimate of drug-likeness (QED) is 0.845. The fourth-order valence-corrected chi connectivity index (χ4v) is 1.70. The highest BCUT2D eigenvalue weighted by Gasteiger charge is 2.07. The van der Waals surface area contributed by atoms with Crippen LogP contribution >= 0.6 is 15.9 Å². The van der Waals surface area contributed by atoms with E-state index in [-0.39, 0.29) is 11.3 Å². The Morgan fingerprint density at radius 2 is 2.12 bits per heavy atom. The molecule has 2 aromatic rings. The van der Waals surface area contributed by atoms with E-state index in [2.05, 4.69) is 26.1 Å². The third-order valence-corrected chi connectivity index (χ3v) is 2.30. The monoisotopic (exact) mass is 285 g/mol. The highest BCUT2D eigenvalue weighted by atomic mass is 79.9. The molecule has 1 aromatic heterocycles. The summed E-state index contributed by atoms with van der Waals surface area (Å²) in [5.74, 6) is -0.462. The minimum atomic E-state index is -1.25. The number of carbonyl (C=O) groups is 1. The molecule has 0 fully saturated rings. The molecule has 0 spiro atoms. The maximum atomic E-state index is 13.4. The molecular weight excluding hydrogens is 281 g/mol. The molecule has 7 heteroatoms. The number of hydrogen-bond donors (Lipinski definition) is 2. The first-order valence-electron chi connectivity index (χ1n) is 4.18. The first kappa shape index (κ1) is 10.7. The molecule has 0 saturated heterocycles. The maximum absolute atomic E-state index is 13.4. The zero-order chi connectivity index (χ0) is 11.7. The van der Waals surface area contributed by atoms with E-state index < -0.39 is 11.9 Å². The molecule has 0 aliphatic carbocycles. The summed E-state index contributed by atoms with van der Waals surface area (Å²) in [5, 5.41) is 18.1. The van der Waals surface area contributed by atoms with Gasteiger partial charge in [0.1, 0.15) is 5.52 Å². The third kappa shape index (κ3) is 2.08. The SMILES string of the molecule is O=C(O)Nc1cc2cc(Br)cc(F)c2nn1. The first-order valence-corrected chi connectivity index (χ1v) is 4.98. The standard InChI is InChI=1S/C9H5BrFN3O2/c10-5-1-4-2-7(12-9(15)16)13-14-8(4)6(11)3-5/h1-3H,(H,12,13)(H,15,16).